The Balaban J connectivity index is 1.67. The molecule has 1 aliphatic heterocycles. The van der Waals surface area contributed by atoms with Crippen molar-refractivity contribution in [3.05, 3.63) is 42.5 Å². The summed E-state index contributed by atoms with van der Waals surface area (Å²) in [6, 6.07) is 4.90. The van der Waals surface area contributed by atoms with Crippen LogP contribution in [0.1, 0.15) is 26.7 Å². The van der Waals surface area contributed by atoms with Gasteiger partial charge in [-0.2, -0.15) is 5.10 Å². The quantitative estimate of drug-likeness (QED) is 0.843. The van der Waals surface area contributed by atoms with Crippen LogP contribution in [0.2, 0.25) is 0 Å². The summed E-state index contributed by atoms with van der Waals surface area (Å²) in [5, 5.41) is 6.80. The highest BCUT2D eigenvalue weighted by Crippen LogP contribution is 2.38. The second kappa shape index (κ2) is 7.54. The number of anilines is 1. The number of nitrogens with one attached hydrogen (secondary N) is 1. The first-order valence-electron chi connectivity index (χ1n) is 9.16. The maximum absolute atomic E-state index is 13.5. The van der Waals surface area contributed by atoms with Gasteiger partial charge in [0.15, 0.2) is 9.84 Å². The van der Waals surface area contributed by atoms with Crippen LogP contribution in [0, 0.1) is 11.7 Å². The average molecular weight is 408 g/mol. The Morgan fingerprint density at radius 3 is 2.54 bits per heavy atom. The second-order valence-electron chi connectivity index (χ2n) is 7.66. The van der Waals surface area contributed by atoms with Crippen molar-refractivity contribution in [3.8, 4) is 0 Å². The number of aryl methyl sites for hydroxylation is 1. The van der Waals surface area contributed by atoms with Crippen molar-refractivity contribution in [3.63, 3.8) is 0 Å². The minimum atomic E-state index is -3.71. The maximum atomic E-state index is 13.5. The fraction of sp³-hybridized carbons (Fsp3) is 0.474. The topological polar surface area (TPSA) is 84.3 Å². The highest BCUT2D eigenvalue weighted by Gasteiger charge is 2.44. The van der Waals surface area contributed by atoms with Gasteiger partial charge < -0.3 is 10.2 Å². The van der Waals surface area contributed by atoms with E-state index in [0.29, 0.717) is 31.6 Å². The smallest absolute Gasteiger partial charge is 0.321 e. The number of rotatable bonds is 4. The molecular weight excluding hydrogens is 383 g/mol. The van der Waals surface area contributed by atoms with Crippen LogP contribution in [0.5, 0.6) is 0 Å². The molecule has 0 aliphatic carbocycles. The van der Waals surface area contributed by atoms with Crippen molar-refractivity contribution >= 4 is 21.6 Å². The largest absolute Gasteiger partial charge is 0.325 e. The van der Waals surface area contributed by atoms with Gasteiger partial charge in [-0.25, -0.2) is 17.6 Å². The summed E-state index contributed by atoms with van der Waals surface area (Å²) in [5.41, 5.74) is 0.614. The third kappa shape index (κ3) is 3.89. The lowest BCUT2D eigenvalue weighted by Crippen LogP contribution is -2.48. The molecule has 1 fully saturated rings. The fourth-order valence-electron chi connectivity index (χ4n) is 3.62. The molecule has 1 aromatic heterocycles. The number of likely N-dealkylation sites (tertiary alicyclic amines) is 1. The van der Waals surface area contributed by atoms with E-state index in [2.05, 4.69) is 10.4 Å². The normalized spacial score (nSPS) is 16.2. The Kier molecular flexibility index (Phi) is 5.47. The first-order valence-corrected chi connectivity index (χ1v) is 10.6. The molecule has 3 rings (SSSR count). The van der Waals surface area contributed by atoms with E-state index in [1.54, 1.807) is 42.9 Å². The highest BCUT2D eigenvalue weighted by molar-refractivity contribution is 7.92. The van der Waals surface area contributed by atoms with Gasteiger partial charge in [0, 0.05) is 26.3 Å². The van der Waals surface area contributed by atoms with Gasteiger partial charge in [0.2, 0.25) is 0 Å². The first-order chi connectivity index (χ1) is 13.1. The van der Waals surface area contributed by atoms with Gasteiger partial charge in [0.05, 0.1) is 21.5 Å². The molecule has 2 aromatic rings. The molecule has 2 amide bonds. The molecule has 1 saturated heterocycles. The van der Waals surface area contributed by atoms with Crippen LogP contribution >= 0.6 is 0 Å². The van der Waals surface area contributed by atoms with E-state index >= 15 is 0 Å². The Bertz CT molecular complexity index is 963. The lowest BCUT2D eigenvalue weighted by Gasteiger charge is -2.40. The molecule has 1 aromatic carbocycles. The molecular formula is C19H25FN4O3S. The fourth-order valence-corrected chi connectivity index (χ4v) is 5.43. The average Bonchev–Trinajstić information content (AvgIpc) is 3.06. The summed E-state index contributed by atoms with van der Waals surface area (Å²) in [6.45, 7) is 4.28. The number of carbonyl (C=O) groups is 1. The molecule has 152 valence electrons. The number of nitrogens with zero attached hydrogens (tertiary/aromatic N) is 3. The van der Waals surface area contributed by atoms with E-state index in [9.17, 15) is 17.6 Å². The predicted molar refractivity (Wildman–Crippen MR) is 104 cm³/mol. The zero-order valence-corrected chi connectivity index (χ0v) is 17.0. The lowest BCUT2D eigenvalue weighted by molar-refractivity contribution is 0.171. The van der Waals surface area contributed by atoms with Gasteiger partial charge in [0.25, 0.3) is 0 Å². The number of sulfone groups is 1. The van der Waals surface area contributed by atoms with Crippen LogP contribution in [0.4, 0.5) is 14.9 Å². The van der Waals surface area contributed by atoms with Crippen LogP contribution in [-0.2, 0) is 16.9 Å². The number of hydrogen-bond donors (Lipinski definition) is 1. The molecule has 1 N–H and O–H groups in total. The molecule has 0 radical (unpaired) electrons. The van der Waals surface area contributed by atoms with Crippen molar-refractivity contribution in [2.24, 2.45) is 13.0 Å². The standard InChI is InChI=1S/C19H25FN4O3S/c1-19(2,28(26,27)17-6-4-5-15(20)11-17)14-7-9-24(10-8-14)18(25)22-16-12-21-23(3)13-16/h4-6,11-14H,7-10H2,1-3H3,(H,22,25). The summed E-state index contributed by atoms with van der Waals surface area (Å²) in [6.07, 6.45) is 4.39. The molecule has 0 unspecified atom stereocenters. The van der Waals surface area contributed by atoms with Crippen molar-refractivity contribution in [1.29, 1.82) is 0 Å². The maximum Gasteiger partial charge on any atom is 0.321 e. The van der Waals surface area contributed by atoms with E-state index in [-0.39, 0.29) is 16.8 Å². The van der Waals surface area contributed by atoms with Gasteiger partial charge in [-0.15, -0.1) is 0 Å². The second-order valence-corrected chi connectivity index (χ2v) is 10.2. The molecule has 28 heavy (non-hydrogen) atoms. The molecule has 0 spiro atoms. The van der Waals surface area contributed by atoms with Crippen molar-refractivity contribution in [2.75, 3.05) is 18.4 Å². The van der Waals surface area contributed by atoms with Gasteiger partial charge >= 0.3 is 6.03 Å². The van der Waals surface area contributed by atoms with Crippen LogP contribution in [-0.4, -0.2) is 47.0 Å². The minimum Gasteiger partial charge on any atom is -0.325 e. The van der Waals surface area contributed by atoms with E-state index in [1.807, 2.05) is 0 Å². The van der Waals surface area contributed by atoms with Crippen molar-refractivity contribution in [2.45, 2.75) is 36.3 Å². The van der Waals surface area contributed by atoms with E-state index in [0.717, 1.165) is 6.07 Å². The number of carbonyl (C=O) groups excluding carboxylic acids is 1. The van der Waals surface area contributed by atoms with Crippen LogP contribution < -0.4 is 5.32 Å². The van der Waals surface area contributed by atoms with Crippen molar-refractivity contribution in [1.82, 2.24) is 14.7 Å². The molecule has 0 bridgehead atoms. The summed E-state index contributed by atoms with van der Waals surface area (Å²) in [7, 11) is -1.95. The summed E-state index contributed by atoms with van der Waals surface area (Å²) in [5.74, 6) is -0.707. The highest BCUT2D eigenvalue weighted by atomic mass is 32.2. The number of aromatic nitrogens is 2. The van der Waals surface area contributed by atoms with E-state index < -0.39 is 20.4 Å². The summed E-state index contributed by atoms with van der Waals surface area (Å²) >= 11 is 0. The van der Waals surface area contributed by atoms with Gasteiger partial charge in [0.1, 0.15) is 5.82 Å². The van der Waals surface area contributed by atoms with E-state index in [1.165, 1.54) is 18.2 Å². The predicted octanol–water partition coefficient (Wildman–Crippen LogP) is 3.06. The number of urea groups is 1. The molecule has 7 nitrogen and oxygen atoms in total. The minimum absolute atomic E-state index is 0.00532. The molecule has 9 heteroatoms. The lowest BCUT2D eigenvalue weighted by atomic mass is 9.86. The SMILES string of the molecule is Cn1cc(NC(=O)N2CCC(C(C)(C)S(=O)(=O)c3cccc(F)c3)CC2)cn1. The number of hydrogen-bond acceptors (Lipinski definition) is 4. The summed E-state index contributed by atoms with van der Waals surface area (Å²) in [4.78, 5) is 14.1. The summed E-state index contributed by atoms with van der Waals surface area (Å²) < 4.78 is 40.3. The number of halogens is 1. The molecule has 0 saturated carbocycles. The van der Waals surface area contributed by atoms with Crippen LogP contribution in [0.25, 0.3) is 0 Å². The Hall–Kier alpha value is -2.42. The number of amides is 2. The first kappa shape index (κ1) is 20.3. The van der Waals surface area contributed by atoms with E-state index in [4.69, 9.17) is 0 Å². The van der Waals surface area contributed by atoms with Crippen LogP contribution in [0.3, 0.4) is 0 Å². The van der Waals surface area contributed by atoms with Gasteiger partial charge in [-0.05, 0) is 50.8 Å². The van der Waals surface area contributed by atoms with Gasteiger partial charge in [-0.1, -0.05) is 6.07 Å². The third-order valence-electron chi connectivity index (χ3n) is 5.52. The molecule has 2 heterocycles. The third-order valence-corrected chi connectivity index (χ3v) is 8.11. The van der Waals surface area contributed by atoms with Gasteiger partial charge in [-0.3, -0.25) is 4.68 Å². The molecule has 1 aliphatic rings. The number of benzene rings is 1. The number of piperidine rings is 1. The monoisotopic (exact) mass is 408 g/mol. The Morgan fingerprint density at radius 2 is 1.96 bits per heavy atom. The van der Waals surface area contributed by atoms with Crippen LogP contribution in [0.15, 0.2) is 41.6 Å². The molecule has 0 atom stereocenters. The van der Waals surface area contributed by atoms with Crippen molar-refractivity contribution < 1.29 is 17.6 Å². The Labute approximate surface area is 164 Å². The Morgan fingerprint density at radius 1 is 1.29 bits per heavy atom. The zero-order valence-electron chi connectivity index (χ0n) is 16.2. The zero-order chi connectivity index (χ0) is 20.5.